The monoisotopic (exact) mass is 412 g/mol. The van der Waals surface area contributed by atoms with Gasteiger partial charge in [-0.2, -0.15) is 0 Å². The summed E-state index contributed by atoms with van der Waals surface area (Å²) in [6.07, 6.45) is 3.84. The lowest BCUT2D eigenvalue weighted by Crippen LogP contribution is -2.35. The standard InChI is InChI=1S/C21H24N4O5/c1-27-16-12-14-17(19(29-3)18(16)28-2)22-13-23-20(14)24-7-5-8-25(10-9-24)21(26)15-6-4-11-30-15/h4,6,11-13H,5,7-10H2,1-3H3. The second kappa shape index (κ2) is 8.48. The number of hydrogen-bond donors (Lipinski definition) is 0. The Morgan fingerprint density at radius 2 is 1.87 bits per heavy atom. The molecule has 1 aromatic carbocycles. The number of amides is 1. The molecule has 158 valence electrons. The quantitative estimate of drug-likeness (QED) is 0.632. The molecule has 0 aliphatic carbocycles. The third-order valence-electron chi connectivity index (χ3n) is 5.23. The fourth-order valence-electron chi connectivity index (χ4n) is 3.79. The fourth-order valence-corrected chi connectivity index (χ4v) is 3.79. The Bertz CT molecular complexity index is 1040. The van der Waals surface area contributed by atoms with E-state index in [0.717, 1.165) is 24.2 Å². The van der Waals surface area contributed by atoms with Crippen LogP contribution in [0.1, 0.15) is 17.0 Å². The predicted molar refractivity (Wildman–Crippen MR) is 111 cm³/mol. The van der Waals surface area contributed by atoms with Crippen molar-refractivity contribution in [2.24, 2.45) is 0 Å². The van der Waals surface area contributed by atoms with Crippen molar-refractivity contribution in [1.82, 2.24) is 14.9 Å². The van der Waals surface area contributed by atoms with Crippen LogP contribution in [0.5, 0.6) is 17.2 Å². The van der Waals surface area contributed by atoms with Crippen LogP contribution in [0.3, 0.4) is 0 Å². The Morgan fingerprint density at radius 3 is 2.57 bits per heavy atom. The number of carbonyl (C=O) groups excluding carboxylic acids is 1. The third-order valence-corrected chi connectivity index (χ3v) is 5.23. The van der Waals surface area contributed by atoms with Gasteiger partial charge in [-0.3, -0.25) is 4.79 Å². The van der Waals surface area contributed by atoms with Crippen LogP contribution in [0.4, 0.5) is 5.82 Å². The number of carbonyl (C=O) groups is 1. The van der Waals surface area contributed by atoms with Crippen molar-refractivity contribution in [3.05, 3.63) is 36.5 Å². The number of hydrogen-bond acceptors (Lipinski definition) is 8. The lowest BCUT2D eigenvalue weighted by atomic mass is 10.1. The zero-order valence-corrected chi connectivity index (χ0v) is 17.3. The van der Waals surface area contributed by atoms with Gasteiger partial charge in [-0.1, -0.05) is 0 Å². The average Bonchev–Trinajstić information content (AvgIpc) is 3.21. The molecule has 1 fully saturated rings. The largest absolute Gasteiger partial charge is 0.493 e. The Labute approximate surface area is 174 Å². The van der Waals surface area contributed by atoms with Gasteiger partial charge in [0.2, 0.25) is 5.75 Å². The van der Waals surface area contributed by atoms with Crippen LogP contribution in [0.2, 0.25) is 0 Å². The first-order valence-electron chi connectivity index (χ1n) is 9.69. The van der Waals surface area contributed by atoms with E-state index < -0.39 is 0 Å². The van der Waals surface area contributed by atoms with Gasteiger partial charge < -0.3 is 28.4 Å². The highest BCUT2D eigenvalue weighted by Crippen LogP contribution is 2.44. The molecule has 9 nitrogen and oxygen atoms in total. The number of rotatable bonds is 5. The summed E-state index contributed by atoms with van der Waals surface area (Å²) < 4.78 is 21.8. The lowest BCUT2D eigenvalue weighted by Gasteiger charge is -2.24. The van der Waals surface area contributed by atoms with Crippen LogP contribution in [-0.2, 0) is 0 Å². The molecule has 30 heavy (non-hydrogen) atoms. The van der Waals surface area contributed by atoms with Gasteiger partial charge in [0.15, 0.2) is 17.3 Å². The van der Waals surface area contributed by atoms with E-state index >= 15 is 0 Å². The van der Waals surface area contributed by atoms with Gasteiger partial charge in [0, 0.05) is 26.2 Å². The first-order chi connectivity index (χ1) is 14.7. The van der Waals surface area contributed by atoms with Crippen LogP contribution < -0.4 is 19.1 Å². The molecule has 0 N–H and O–H groups in total. The van der Waals surface area contributed by atoms with Crippen molar-refractivity contribution in [3.8, 4) is 17.2 Å². The average molecular weight is 412 g/mol. The van der Waals surface area contributed by atoms with E-state index in [2.05, 4.69) is 14.9 Å². The second-order valence-corrected chi connectivity index (χ2v) is 6.85. The Hall–Kier alpha value is -3.49. The summed E-state index contributed by atoms with van der Waals surface area (Å²) in [5, 5.41) is 0.804. The molecule has 0 bridgehead atoms. The van der Waals surface area contributed by atoms with Gasteiger partial charge in [-0.15, -0.1) is 0 Å². The molecule has 0 atom stereocenters. The van der Waals surface area contributed by atoms with Gasteiger partial charge in [0.1, 0.15) is 17.7 Å². The molecule has 1 aliphatic heterocycles. The SMILES string of the molecule is COc1cc2c(N3CCCN(C(=O)c4ccco4)CC3)ncnc2c(OC)c1OC. The normalized spacial score (nSPS) is 14.5. The van der Waals surface area contributed by atoms with E-state index in [0.29, 0.717) is 48.2 Å². The molecular formula is C21H24N4O5. The molecule has 4 rings (SSSR count). The van der Waals surface area contributed by atoms with Gasteiger partial charge >= 0.3 is 0 Å². The number of fused-ring (bicyclic) bond motifs is 1. The second-order valence-electron chi connectivity index (χ2n) is 6.85. The van der Waals surface area contributed by atoms with Crippen LogP contribution in [-0.4, -0.2) is 68.3 Å². The Kier molecular flexibility index (Phi) is 5.60. The van der Waals surface area contributed by atoms with Gasteiger partial charge in [-0.25, -0.2) is 9.97 Å². The van der Waals surface area contributed by atoms with Crippen molar-refractivity contribution in [1.29, 1.82) is 0 Å². The maximum absolute atomic E-state index is 12.6. The molecule has 0 unspecified atom stereocenters. The highest BCUT2D eigenvalue weighted by atomic mass is 16.5. The molecule has 3 aromatic rings. The summed E-state index contributed by atoms with van der Waals surface area (Å²) in [5.74, 6) is 2.57. The minimum Gasteiger partial charge on any atom is -0.493 e. The summed E-state index contributed by atoms with van der Waals surface area (Å²) in [6, 6.07) is 5.27. The lowest BCUT2D eigenvalue weighted by molar-refractivity contribution is 0.0735. The smallest absolute Gasteiger partial charge is 0.289 e. The van der Waals surface area contributed by atoms with Gasteiger partial charge in [0.05, 0.1) is 33.0 Å². The van der Waals surface area contributed by atoms with Crippen molar-refractivity contribution in [3.63, 3.8) is 0 Å². The van der Waals surface area contributed by atoms with Crippen LogP contribution in [0.25, 0.3) is 10.9 Å². The molecule has 2 aromatic heterocycles. The number of nitrogens with zero attached hydrogens (tertiary/aromatic N) is 4. The van der Waals surface area contributed by atoms with Crippen molar-refractivity contribution in [2.45, 2.75) is 6.42 Å². The van der Waals surface area contributed by atoms with Crippen LogP contribution >= 0.6 is 0 Å². The molecule has 1 saturated heterocycles. The molecular weight excluding hydrogens is 388 g/mol. The topological polar surface area (TPSA) is 90.2 Å². The van der Waals surface area contributed by atoms with E-state index in [1.165, 1.54) is 12.6 Å². The van der Waals surface area contributed by atoms with Crippen molar-refractivity contribution >= 4 is 22.6 Å². The minimum atomic E-state index is -0.0949. The van der Waals surface area contributed by atoms with E-state index in [1.54, 1.807) is 33.5 Å². The molecule has 0 spiro atoms. The fraction of sp³-hybridized carbons (Fsp3) is 0.381. The molecule has 1 aliphatic rings. The predicted octanol–water partition coefficient (Wildman–Crippen LogP) is 2.60. The summed E-state index contributed by atoms with van der Waals surface area (Å²) in [7, 11) is 4.72. The number of anilines is 1. The maximum Gasteiger partial charge on any atom is 0.289 e. The molecule has 9 heteroatoms. The first-order valence-corrected chi connectivity index (χ1v) is 9.69. The van der Waals surface area contributed by atoms with E-state index in [-0.39, 0.29) is 5.91 Å². The summed E-state index contributed by atoms with van der Waals surface area (Å²) in [6.45, 7) is 2.61. The van der Waals surface area contributed by atoms with E-state index in [4.69, 9.17) is 18.6 Å². The highest BCUT2D eigenvalue weighted by Gasteiger charge is 2.25. The van der Waals surface area contributed by atoms with Crippen LogP contribution in [0, 0.1) is 0 Å². The minimum absolute atomic E-state index is 0.0949. The number of furan rings is 1. The molecule has 3 heterocycles. The zero-order chi connectivity index (χ0) is 21.1. The number of ether oxygens (including phenoxy) is 3. The maximum atomic E-state index is 12.6. The first kappa shape index (κ1) is 19.8. The highest BCUT2D eigenvalue weighted by molar-refractivity contribution is 5.97. The third kappa shape index (κ3) is 3.47. The zero-order valence-electron chi connectivity index (χ0n) is 17.3. The summed E-state index contributed by atoms with van der Waals surface area (Å²) in [5.41, 5.74) is 0.646. The van der Waals surface area contributed by atoms with E-state index in [9.17, 15) is 4.79 Å². The summed E-state index contributed by atoms with van der Waals surface area (Å²) in [4.78, 5) is 25.6. The Balaban J connectivity index is 1.67. The van der Waals surface area contributed by atoms with Crippen LogP contribution in [0.15, 0.2) is 35.2 Å². The van der Waals surface area contributed by atoms with Crippen molar-refractivity contribution in [2.75, 3.05) is 52.4 Å². The Morgan fingerprint density at radius 1 is 1.03 bits per heavy atom. The number of methoxy groups -OCH3 is 3. The number of aromatic nitrogens is 2. The van der Waals surface area contributed by atoms with E-state index in [1.807, 2.05) is 11.0 Å². The summed E-state index contributed by atoms with van der Waals surface area (Å²) >= 11 is 0. The molecule has 0 saturated carbocycles. The molecule has 1 amide bonds. The molecule has 0 radical (unpaired) electrons. The van der Waals surface area contributed by atoms with Gasteiger partial charge in [-0.05, 0) is 24.6 Å². The van der Waals surface area contributed by atoms with Crippen molar-refractivity contribution < 1.29 is 23.4 Å². The van der Waals surface area contributed by atoms with Gasteiger partial charge in [0.25, 0.3) is 5.91 Å². The number of benzene rings is 1.